The van der Waals surface area contributed by atoms with Crippen molar-refractivity contribution in [2.24, 2.45) is 0 Å². The summed E-state index contributed by atoms with van der Waals surface area (Å²) < 4.78 is 9.63. The van der Waals surface area contributed by atoms with Gasteiger partial charge >= 0.3 is 5.97 Å². The minimum atomic E-state index is -0.451. The average molecular weight is 223 g/mol. The van der Waals surface area contributed by atoms with Crippen LogP contribution >= 0.6 is 0 Å². The minimum absolute atomic E-state index is 0.205. The van der Waals surface area contributed by atoms with E-state index in [9.17, 15) is 9.59 Å². The second kappa shape index (κ2) is 5.16. The van der Waals surface area contributed by atoms with E-state index >= 15 is 0 Å². The van der Waals surface area contributed by atoms with E-state index in [1.54, 1.807) is 12.1 Å². The van der Waals surface area contributed by atoms with Crippen molar-refractivity contribution in [2.45, 2.75) is 6.92 Å². The van der Waals surface area contributed by atoms with E-state index in [4.69, 9.17) is 4.74 Å². The summed E-state index contributed by atoms with van der Waals surface area (Å²) in [5.74, 6) is -0.241. The monoisotopic (exact) mass is 223 g/mol. The summed E-state index contributed by atoms with van der Waals surface area (Å²) in [5.41, 5.74) is 0.885. The second-order valence-corrected chi connectivity index (χ2v) is 3.09. The van der Waals surface area contributed by atoms with Crippen LogP contribution in [0.3, 0.4) is 0 Å². The number of carbonyl (C=O) groups is 2. The van der Waals surface area contributed by atoms with E-state index in [2.05, 4.69) is 10.1 Å². The second-order valence-electron chi connectivity index (χ2n) is 3.09. The van der Waals surface area contributed by atoms with Gasteiger partial charge in [0.1, 0.15) is 5.75 Å². The summed E-state index contributed by atoms with van der Waals surface area (Å²) in [6.07, 6.45) is 0. The Labute approximate surface area is 93.4 Å². The number of hydrogen-bond acceptors (Lipinski definition) is 4. The maximum absolute atomic E-state index is 11.2. The molecule has 0 aliphatic rings. The zero-order valence-electron chi connectivity index (χ0n) is 9.37. The van der Waals surface area contributed by atoms with Crippen molar-refractivity contribution in [3.05, 3.63) is 23.8 Å². The molecule has 1 N–H and O–H groups in total. The van der Waals surface area contributed by atoms with E-state index in [1.165, 1.54) is 27.2 Å². The first kappa shape index (κ1) is 12.0. The van der Waals surface area contributed by atoms with Crippen LogP contribution in [0, 0.1) is 0 Å². The summed E-state index contributed by atoms with van der Waals surface area (Å²) >= 11 is 0. The van der Waals surface area contributed by atoms with E-state index in [0.717, 1.165) is 0 Å². The Kier molecular flexibility index (Phi) is 3.88. The number of rotatable bonds is 3. The molecule has 0 saturated carbocycles. The first-order valence-corrected chi connectivity index (χ1v) is 4.62. The summed E-state index contributed by atoms with van der Waals surface area (Å²) in [7, 11) is 2.76. The van der Waals surface area contributed by atoms with Gasteiger partial charge in [0.25, 0.3) is 0 Å². The van der Waals surface area contributed by atoms with Crippen molar-refractivity contribution in [1.82, 2.24) is 0 Å². The molecule has 1 aromatic carbocycles. The Morgan fingerprint density at radius 1 is 1.25 bits per heavy atom. The van der Waals surface area contributed by atoms with E-state index in [-0.39, 0.29) is 5.91 Å². The molecule has 0 heterocycles. The fourth-order valence-corrected chi connectivity index (χ4v) is 1.23. The molecule has 1 rings (SSSR count). The highest BCUT2D eigenvalue weighted by Crippen LogP contribution is 2.25. The molecule has 0 fully saturated rings. The van der Waals surface area contributed by atoms with Crippen molar-refractivity contribution in [1.29, 1.82) is 0 Å². The van der Waals surface area contributed by atoms with E-state index in [0.29, 0.717) is 17.0 Å². The third-order valence-electron chi connectivity index (χ3n) is 1.93. The number of carbonyl (C=O) groups excluding carboxylic acids is 2. The highest BCUT2D eigenvalue weighted by Gasteiger charge is 2.10. The molecule has 1 aromatic rings. The van der Waals surface area contributed by atoms with Gasteiger partial charge in [-0.05, 0) is 18.2 Å². The Morgan fingerprint density at radius 2 is 1.94 bits per heavy atom. The topological polar surface area (TPSA) is 64.6 Å². The Morgan fingerprint density at radius 3 is 2.44 bits per heavy atom. The van der Waals surface area contributed by atoms with Gasteiger partial charge in [-0.15, -0.1) is 0 Å². The normalized spacial score (nSPS) is 9.44. The van der Waals surface area contributed by atoms with Crippen LogP contribution < -0.4 is 10.1 Å². The molecule has 0 spiro atoms. The van der Waals surface area contributed by atoms with Crippen LogP contribution in [0.1, 0.15) is 17.3 Å². The number of esters is 1. The third kappa shape index (κ3) is 2.73. The summed E-state index contributed by atoms with van der Waals surface area (Å²) in [4.78, 5) is 22.1. The van der Waals surface area contributed by atoms with E-state index in [1.807, 2.05) is 0 Å². The average Bonchev–Trinajstić information content (AvgIpc) is 2.27. The van der Waals surface area contributed by atoms with E-state index < -0.39 is 5.97 Å². The summed E-state index contributed by atoms with van der Waals surface area (Å²) in [6.45, 7) is 1.40. The van der Waals surface area contributed by atoms with Crippen molar-refractivity contribution in [2.75, 3.05) is 19.5 Å². The van der Waals surface area contributed by atoms with Gasteiger partial charge in [0.15, 0.2) is 0 Å². The van der Waals surface area contributed by atoms with Crippen molar-refractivity contribution < 1.29 is 19.1 Å². The van der Waals surface area contributed by atoms with Gasteiger partial charge < -0.3 is 14.8 Å². The molecule has 5 nitrogen and oxygen atoms in total. The molecule has 0 bridgehead atoms. The lowest BCUT2D eigenvalue weighted by atomic mass is 10.2. The van der Waals surface area contributed by atoms with Crippen LogP contribution in [-0.4, -0.2) is 26.1 Å². The van der Waals surface area contributed by atoms with Crippen LogP contribution in [0.4, 0.5) is 5.69 Å². The molecule has 0 unspecified atom stereocenters. The molecule has 0 aromatic heterocycles. The molecule has 16 heavy (non-hydrogen) atoms. The van der Waals surface area contributed by atoms with Gasteiger partial charge in [-0.2, -0.15) is 0 Å². The summed E-state index contributed by atoms with van der Waals surface area (Å²) in [6, 6.07) is 4.66. The van der Waals surface area contributed by atoms with Crippen molar-refractivity contribution in [3.63, 3.8) is 0 Å². The number of nitrogens with one attached hydrogen (secondary N) is 1. The van der Waals surface area contributed by atoms with Crippen LogP contribution in [0.2, 0.25) is 0 Å². The fourth-order valence-electron chi connectivity index (χ4n) is 1.23. The zero-order valence-corrected chi connectivity index (χ0v) is 9.37. The smallest absolute Gasteiger partial charge is 0.337 e. The number of ether oxygens (including phenoxy) is 2. The third-order valence-corrected chi connectivity index (χ3v) is 1.93. The maximum Gasteiger partial charge on any atom is 0.337 e. The number of methoxy groups -OCH3 is 2. The molecule has 0 atom stereocenters. The minimum Gasteiger partial charge on any atom is -0.495 e. The molecule has 0 aliphatic heterocycles. The molecule has 5 heteroatoms. The number of anilines is 1. The molecule has 0 aliphatic carbocycles. The lowest BCUT2D eigenvalue weighted by Gasteiger charge is -2.09. The lowest BCUT2D eigenvalue weighted by Crippen LogP contribution is -2.08. The maximum atomic E-state index is 11.2. The Balaban J connectivity index is 3.06. The fraction of sp³-hybridized carbons (Fsp3) is 0.273. The van der Waals surface area contributed by atoms with Crippen molar-refractivity contribution in [3.8, 4) is 5.75 Å². The molecule has 0 saturated heterocycles. The van der Waals surface area contributed by atoms with Crippen LogP contribution in [0.5, 0.6) is 5.75 Å². The highest BCUT2D eigenvalue weighted by molar-refractivity contribution is 5.94. The first-order valence-electron chi connectivity index (χ1n) is 4.62. The molecule has 86 valence electrons. The van der Waals surface area contributed by atoms with Gasteiger partial charge in [-0.3, -0.25) is 4.79 Å². The number of benzene rings is 1. The molecule has 0 radical (unpaired) electrons. The van der Waals surface area contributed by atoms with Crippen LogP contribution in [-0.2, 0) is 9.53 Å². The number of amides is 1. The zero-order chi connectivity index (χ0) is 12.1. The first-order chi connectivity index (χ1) is 7.58. The van der Waals surface area contributed by atoms with Crippen LogP contribution in [0.15, 0.2) is 18.2 Å². The van der Waals surface area contributed by atoms with Gasteiger partial charge in [0.05, 0.1) is 25.5 Å². The molecule has 1 amide bonds. The van der Waals surface area contributed by atoms with Crippen LogP contribution in [0.25, 0.3) is 0 Å². The predicted molar refractivity (Wildman–Crippen MR) is 58.6 cm³/mol. The predicted octanol–water partition coefficient (Wildman–Crippen LogP) is 1.44. The van der Waals surface area contributed by atoms with Gasteiger partial charge in [0, 0.05) is 6.92 Å². The summed E-state index contributed by atoms with van der Waals surface area (Å²) in [5, 5.41) is 2.59. The van der Waals surface area contributed by atoms with Gasteiger partial charge in [0.2, 0.25) is 5.91 Å². The Bertz CT molecular complexity index is 414. The Hall–Kier alpha value is -2.04. The van der Waals surface area contributed by atoms with Gasteiger partial charge in [-0.1, -0.05) is 0 Å². The standard InChI is InChI=1S/C11H13NO4/c1-7(13)12-9-5-4-8(11(14)16-3)6-10(9)15-2/h4-6H,1-3H3,(H,12,13). The lowest BCUT2D eigenvalue weighted by molar-refractivity contribution is -0.114. The van der Waals surface area contributed by atoms with Gasteiger partial charge in [-0.25, -0.2) is 4.79 Å². The molecular formula is C11H13NO4. The SMILES string of the molecule is COC(=O)c1ccc(NC(C)=O)c(OC)c1. The van der Waals surface area contributed by atoms with Crippen molar-refractivity contribution >= 4 is 17.6 Å². The quantitative estimate of drug-likeness (QED) is 0.787. The number of hydrogen-bond donors (Lipinski definition) is 1. The highest BCUT2D eigenvalue weighted by atomic mass is 16.5. The molecular weight excluding hydrogens is 210 g/mol. The largest absolute Gasteiger partial charge is 0.495 e.